The van der Waals surface area contributed by atoms with Crippen LogP contribution in [0.1, 0.15) is 28.5 Å². The molecule has 0 bridgehead atoms. The first kappa shape index (κ1) is 18.9. The van der Waals surface area contributed by atoms with E-state index >= 15 is 0 Å². The van der Waals surface area contributed by atoms with Crippen molar-refractivity contribution in [3.63, 3.8) is 0 Å². The number of fused-ring (bicyclic) bond motifs is 1. The summed E-state index contributed by atoms with van der Waals surface area (Å²) in [6.45, 7) is 5.19. The number of pyridine rings is 2. The van der Waals surface area contributed by atoms with E-state index in [1.54, 1.807) is 6.20 Å². The lowest BCUT2D eigenvalue weighted by Gasteiger charge is -2.07. The zero-order valence-corrected chi connectivity index (χ0v) is 17.3. The van der Waals surface area contributed by atoms with Gasteiger partial charge in [-0.25, -0.2) is 4.68 Å². The van der Waals surface area contributed by atoms with E-state index in [9.17, 15) is 4.79 Å². The number of hydrogen-bond donors (Lipinski definition) is 2. The second-order valence-corrected chi connectivity index (χ2v) is 7.37. The molecule has 0 radical (unpaired) electrons. The van der Waals surface area contributed by atoms with Gasteiger partial charge in [-0.15, -0.1) is 5.10 Å². The summed E-state index contributed by atoms with van der Waals surface area (Å²) in [6.07, 6.45) is 3.60. The van der Waals surface area contributed by atoms with Crippen LogP contribution in [0.25, 0.3) is 22.6 Å². The Bertz CT molecular complexity index is 1260. The van der Waals surface area contributed by atoms with Crippen molar-refractivity contribution in [2.75, 3.05) is 5.32 Å². The summed E-state index contributed by atoms with van der Waals surface area (Å²) >= 11 is 0. The smallest absolute Gasteiger partial charge is 0.251 e. The van der Waals surface area contributed by atoms with Gasteiger partial charge in [0.05, 0.1) is 5.69 Å². The molecule has 0 unspecified atom stereocenters. The van der Waals surface area contributed by atoms with Gasteiger partial charge in [0.15, 0.2) is 5.82 Å². The zero-order chi connectivity index (χ0) is 21.4. The summed E-state index contributed by atoms with van der Waals surface area (Å²) in [5.41, 5.74) is 6.19. The van der Waals surface area contributed by atoms with Crippen molar-refractivity contribution in [1.82, 2.24) is 30.0 Å². The van der Waals surface area contributed by atoms with Crippen LogP contribution in [0.4, 0.5) is 11.6 Å². The van der Waals surface area contributed by atoms with E-state index in [0.717, 1.165) is 39.3 Å². The molecule has 0 fully saturated rings. The van der Waals surface area contributed by atoms with Crippen molar-refractivity contribution >= 4 is 17.5 Å². The third kappa shape index (κ3) is 3.63. The second kappa shape index (κ2) is 7.64. The van der Waals surface area contributed by atoms with Crippen LogP contribution < -0.4 is 10.6 Å². The van der Waals surface area contributed by atoms with E-state index in [1.807, 2.05) is 67.2 Å². The van der Waals surface area contributed by atoms with Crippen molar-refractivity contribution in [1.29, 1.82) is 0 Å². The standard InChI is InChI=1S/C23H21N7O/c1-3-30-23(27-18-7-8-19-17(10-18)13-26-22(19)31)28-21(29-30)16-6-9-20(25-12-16)15-5-4-14(2)24-11-15/h4-12H,3,13H2,1-2H3,(H,26,31)(H,27,28,29). The van der Waals surface area contributed by atoms with Crippen molar-refractivity contribution in [2.45, 2.75) is 26.9 Å². The van der Waals surface area contributed by atoms with Gasteiger partial charge in [-0.1, -0.05) is 0 Å². The molecule has 8 nitrogen and oxygen atoms in total. The number of nitrogens with zero attached hydrogens (tertiary/aromatic N) is 5. The highest BCUT2D eigenvalue weighted by atomic mass is 16.1. The molecule has 8 heteroatoms. The molecule has 0 atom stereocenters. The molecule has 1 aliphatic rings. The largest absolute Gasteiger partial charge is 0.348 e. The van der Waals surface area contributed by atoms with Crippen LogP contribution in [-0.2, 0) is 13.1 Å². The number of benzene rings is 1. The molecular formula is C23H21N7O. The van der Waals surface area contributed by atoms with Crippen LogP contribution >= 0.6 is 0 Å². The lowest BCUT2D eigenvalue weighted by Crippen LogP contribution is -2.12. The van der Waals surface area contributed by atoms with Crippen LogP contribution in [0.15, 0.2) is 54.9 Å². The van der Waals surface area contributed by atoms with E-state index in [1.165, 1.54) is 0 Å². The molecule has 0 spiro atoms. The van der Waals surface area contributed by atoms with Crippen molar-refractivity contribution in [2.24, 2.45) is 0 Å². The highest BCUT2D eigenvalue weighted by molar-refractivity contribution is 5.98. The molecule has 4 heterocycles. The molecule has 2 N–H and O–H groups in total. The minimum absolute atomic E-state index is 0.0297. The average molecular weight is 411 g/mol. The molecule has 0 saturated carbocycles. The molecule has 1 aromatic carbocycles. The normalized spacial score (nSPS) is 12.5. The van der Waals surface area contributed by atoms with Gasteiger partial charge in [0, 0.05) is 53.6 Å². The van der Waals surface area contributed by atoms with Crippen LogP contribution in [-0.4, -0.2) is 30.6 Å². The number of hydrogen-bond acceptors (Lipinski definition) is 6. The summed E-state index contributed by atoms with van der Waals surface area (Å²) in [5, 5.41) is 10.8. The molecule has 5 rings (SSSR count). The van der Waals surface area contributed by atoms with Gasteiger partial charge in [0.2, 0.25) is 5.95 Å². The molecule has 1 aliphatic heterocycles. The Morgan fingerprint density at radius 2 is 1.90 bits per heavy atom. The summed E-state index contributed by atoms with van der Waals surface area (Å²) in [6, 6.07) is 13.6. The monoisotopic (exact) mass is 411 g/mol. The summed E-state index contributed by atoms with van der Waals surface area (Å²) in [7, 11) is 0. The third-order valence-corrected chi connectivity index (χ3v) is 5.25. The van der Waals surface area contributed by atoms with Crippen LogP contribution in [0.3, 0.4) is 0 Å². The third-order valence-electron chi connectivity index (χ3n) is 5.25. The van der Waals surface area contributed by atoms with Gasteiger partial charge in [0.1, 0.15) is 0 Å². The first-order chi connectivity index (χ1) is 15.1. The SMILES string of the molecule is CCn1nc(-c2ccc(-c3ccc(C)nc3)nc2)nc1Nc1ccc2c(c1)CNC2=O. The molecule has 154 valence electrons. The zero-order valence-electron chi connectivity index (χ0n) is 17.3. The van der Waals surface area contributed by atoms with Gasteiger partial charge >= 0.3 is 0 Å². The summed E-state index contributed by atoms with van der Waals surface area (Å²) in [5.74, 6) is 1.21. The first-order valence-electron chi connectivity index (χ1n) is 10.1. The van der Waals surface area contributed by atoms with E-state index in [2.05, 4.69) is 30.7 Å². The molecular weight excluding hydrogens is 390 g/mol. The van der Waals surface area contributed by atoms with Gasteiger partial charge in [-0.05, 0) is 61.9 Å². The maximum absolute atomic E-state index is 11.8. The van der Waals surface area contributed by atoms with Crippen LogP contribution in [0.2, 0.25) is 0 Å². The minimum atomic E-state index is -0.0297. The van der Waals surface area contributed by atoms with Crippen molar-refractivity contribution in [3.05, 3.63) is 71.7 Å². The predicted molar refractivity (Wildman–Crippen MR) is 118 cm³/mol. The Morgan fingerprint density at radius 1 is 1.06 bits per heavy atom. The number of amides is 1. The fraction of sp³-hybridized carbons (Fsp3) is 0.174. The molecule has 4 aromatic rings. The number of aromatic nitrogens is 5. The highest BCUT2D eigenvalue weighted by Crippen LogP contribution is 2.25. The highest BCUT2D eigenvalue weighted by Gasteiger charge is 2.19. The molecule has 0 aliphatic carbocycles. The van der Waals surface area contributed by atoms with Crippen molar-refractivity contribution in [3.8, 4) is 22.6 Å². The summed E-state index contributed by atoms with van der Waals surface area (Å²) < 4.78 is 1.81. The molecule has 3 aromatic heterocycles. The van der Waals surface area contributed by atoms with Crippen LogP contribution in [0, 0.1) is 6.92 Å². The van der Waals surface area contributed by atoms with Gasteiger partial charge in [-0.2, -0.15) is 4.98 Å². The Labute approximate surface area is 179 Å². The lowest BCUT2D eigenvalue weighted by molar-refractivity contribution is 0.0966. The van der Waals surface area contributed by atoms with Gasteiger partial charge in [0.25, 0.3) is 5.91 Å². The molecule has 31 heavy (non-hydrogen) atoms. The maximum Gasteiger partial charge on any atom is 0.251 e. The Kier molecular flexibility index (Phi) is 4.66. The Morgan fingerprint density at radius 3 is 2.65 bits per heavy atom. The quantitative estimate of drug-likeness (QED) is 0.519. The second-order valence-electron chi connectivity index (χ2n) is 7.37. The average Bonchev–Trinajstić information content (AvgIpc) is 3.37. The van der Waals surface area contributed by atoms with E-state index in [0.29, 0.717) is 24.9 Å². The van der Waals surface area contributed by atoms with E-state index in [-0.39, 0.29) is 5.91 Å². The predicted octanol–water partition coefficient (Wildman–Crippen LogP) is 3.72. The summed E-state index contributed by atoms with van der Waals surface area (Å²) in [4.78, 5) is 25.3. The van der Waals surface area contributed by atoms with Gasteiger partial charge < -0.3 is 10.6 Å². The van der Waals surface area contributed by atoms with E-state index < -0.39 is 0 Å². The molecule has 0 saturated heterocycles. The first-order valence-corrected chi connectivity index (χ1v) is 10.1. The van der Waals surface area contributed by atoms with Gasteiger partial charge in [-0.3, -0.25) is 14.8 Å². The molecule has 1 amide bonds. The topological polar surface area (TPSA) is 97.6 Å². The fourth-order valence-corrected chi connectivity index (χ4v) is 3.53. The number of carbonyl (C=O) groups excluding carboxylic acids is 1. The number of aryl methyl sites for hydroxylation is 2. The number of rotatable bonds is 5. The Balaban J connectivity index is 1.40. The minimum Gasteiger partial charge on any atom is -0.348 e. The number of anilines is 2. The number of carbonyl (C=O) groups is 1. The van der Waals surface area contributed by atoms with Crippen molar-refractivity contribution < 1.29 is 4.79 Å². The van der Waals surface area contributed by atoms with E-state index in [4.69, 9.17) is 0 Å². The fourth-order valence-electron chi connectivity index (χ4n) is 3.53. The number of nitrogens with one attached hydrogen (secondary N) is 2. The lowest BCUT2D eigenvalue weighted by atomic mass is 10.1. The van der Waals surface area contributed by atoms with Crippen LogP contribution in [0.5, 0.6) is 0 Å². The maximum atomic E-state index is 11.8. The Hall–Kier alpha value is -4.07.